The van der Waals surface area contributed by atoms with Crippen molar-refractivity contribution in [3.05, 3.63) is 33.9 Å². The molecule has 1 aromatic rings. The maximum atomic E-state index is 11.9. The van der Waals surface area contributed by atoms with Crippen molar-refractivity contribution in [1.82, 2.24) is 10.6 Å². The average molecular weight is 313 g/mol. The lowest BCUT2D eigenvalue weighted by molar-refractivity contribution is -0.387. The van der Waals surface area contributed by atoms with Crippen LogP contribution in [0.2, 0.25) is 0 Å². The first-order valence-electron chi connectivity index (χ1n) is 6.40. The fraction of sp³-hybridized carbons (Fsp3) is 0.462. The summed E-state index contributed by atoms with van der Waals surface area (Å²) >= 11 is 1.28. The van der Waals surface area contributed by atoms with Crippen LogP contribution in [0.3, 0.4) is 0 Å². The van der Waals surface area contributed by atoms with Gasteiger partial charge in [0.15, 0.2) is 0 Å². The smallest absolute Gasteiger partial charge is 0.283 e. The predicted octanol–water partition coefficient (Wildman–Crippen LogP) is 1.28. The van der Waals surface area contributed by atoms with Crippen molar-refractivity contribution in [2.75, 3.05) is 39.6 Å². The van der Waals surface area contributed by atoms with Gasteiger partial charge in [-0.15, -0.1) is 11.8 Å². The number of nitro groups is 1. The molecular formula is C13H19N3O4S. The minimum absolute atomic E-state index is 0.0478. The van der Waals surface area contributed by atoms with E-state index < -0.39 is 4.92 Å². The minimum atomic E-state index is -0.477. The number of carbonyl (C=O) groups excluding carboxylic acids is 1. The van der Waals surface area contributed by atoms with Gasteiger partial charge in [0.2, 0.25) is 0 Å². The highest BCUT2D eigenvalue weighted by Crippen LogP contribution is 2.28. The molecule has 0 saturated heterocycles. The molecule has 0 spiro atoms. The van der Waals surface area contributed by atoms with E-state index in [0.29, 0.717) is 31.1 Å². The maximum absolute atomic E-state index is 11.9. The number of hydrogen-bond donors (Lipinski definition) is 2. The Labute approximate surface area is 127 Å². The van der Waals surface area contributed by atoms with Crippen molar-refractivity contribution in [2.24, 2.45) is 0 Å². The Morgan fingerprint density at radius 3 is 2.76 bits per heavy atom. The summed E-state index contributed by atoms with van der Waals surface area (Å²) < 4.78 is 4.88. The van der Waals surface area contributed by atoms with Crippen LogP contribution in [0.4, 0.5) is 5.69 Å². The number of nitro benzene ring substituents is 1. The van der Waals surface area contributed by atoms with E-state index in [1.54, 1.807) is 25.5 Å². The molecule has 116 valence electrons. The van der Waals surface area contributed by atoms with E-state index in [9.17, 15) is 14.9 Å². The summed E-state index contributed by atoms with van der Waals surface area (Å²) in [5.41, 5.74) is 0.241. The zero-order valence-corrected chi connectivity index (χ0v) is 12.9. The van der Waals surface area contributed by atoms with Gasteiger partial charge in [0.1, 0.15) is 0 Å². The Morgan fingerprint density at radius 2 is 2.14 bits per heavy atom. The quantitative estimate of drug-likeness (QED) is 0.309. The zero-order chi connectivity index (χ0) is 15.7. The first kappa shape index (κ1) is 17.4. The minimum Gasteiger partial charge on any atom is -0.383 e. The van der Waals surface area contributed by atoms with Gasteiger partial charge in [-0.25, -0.2) is 0 Å². The zero-order valence-electron chi connectivity index (χ0n) is 12.0. The van der Waals surface area contributed by atoms with E-state index >= 15 is 0 Å². The van der Waals surface area contributed by atoms with Gasteiger partial charge in [0.25, 0.3) is 11.6 Å². The highest BCUT2D eigenvalue weighted by atomic mass is 32.2. The highest BCUT2D eigenvalue weighted by Gasteiger charge is 2.16. The number of thioether (sulfide) groups is 1. The SMILES string of the molecule is COCCNCCNC(=O)c1ccc(SC)c([N+](=O)[O-])c1. The molecule has 0 aliphatic carbocycles. The van der Waals surface area contributed by atoms with Crippen LogP contribution in [0.1, 0.15) is 10.4 Å². The third-order valence-electron chi connectivity index (χ3n) is 2.71. The second-order valence-electron chi connectivity index (χ2n) is 4.14. The van der Waals surface area contributed by atoms with Crippen LogP contribution in [0.5, 0.6) is 0 Å². The Bertz CT molecular complexity index is 496. The summed E-state index contributed by atoms with van der Waals surface area (Å²) in [6.07, 6.45) is 1.76. The molecule has 0 heterocycles. The molecule has 1 aromatic carbocycles. The number of hydrogen-bond acceptors (Lipinski definition) is 6. The molecule has 1 amide bonds. The lowest BCUT2D eigenvalue weighted by atomic mass is 10.2. The van der Waals surface area contributed by atoms with Crippen molar-refractivity contribution < 1.29 is 14.5 Å². The van der Waals surface area contributed by atoms with Crippen molar-refractivity contribution in [2.45, 2.75) is 4.90 Å². The highest BCUT2D eigenvalue weighted by molar-refractivity contribution is 7.98. The Kier molecular flexibility index (Phi) is 7.73. The van der Waals surface area contributed by atoms with Crippen molar-refractivity contribution >= 4 is 23.4 Å². The number of amides is 1. The van der Waals surface area contributed by atoms with Crippen molar-refractivity contribution in [3.63, 3.8) is 0 Å². The number of nitrogens with zero attached hydrogens (tertiary/aromatic N) is 1. The normalized spacial score (nSPS) is 10.4. The molecule has 0 unspecified atom stereocenters. The van der Waals surface area contributed by atoms with Crippen molar-refractivity contribution in [1.29, 1.82) is 0 Å². The monoisotopic (exact) mass is 313 g/mol. The molecule has 0 atom stereocenters. The summed E-state index contributed by atoms with van der Waals surface area (Å²) in [5, 5.41) is 16.8. The second kappa shape index (κ2) is 9.32. The van der Waals surface area contributed by atoms with Crippen LogP contribution in [-0.4, -0.2) is 50.4 Å². The number of rotatable bonds is 9. The molecule has 8 heteroatoms. The molecule has 1 rings (SSSR count). The van der Waals surface area contributed by atoms with Crippen LogP contribution in [0.25, 0.3) is 0 Å². The van der Waals surface area contributed by atoms with Crippen molar-refractivity contribution in [3.8, 4) is 0 Å². The number of carbonyl (C=O) groups is 1. The predicted molar refractivity (Wildman–Crippen MR) is 82.0 cm³/mol. The largest absolute Gasteiger partial charge is 0.383 e. The van der Waals surface area contributed by atoms with Gasteiger partial charge >= 0.3 is 0 Å². The summed E-state index contributed by atoms with van der Waals surface area (Å²) in [6, 6.07) is 4.49. The van der Waals surface area contributed by atoms with Crippen LogP contribution < -0.4 is 10.6 Å². The molecule has 21 heavy (non-hydrogen) atoms. The van der Waals surface area contributed by atoms with Gasteiger partial charge < -0.3 is 15.4 Å². The summed E-state index contributed by atoms with van der Waals surface area (Å²) in [5.74, 6) is -0.320. The van der Waals surface area contributed by atoms with E-state index in [4.69, 9.17) is 4.74 Å². The second-order valence-corrected chi connectivity index (χ2v) is 4.99. The Morgan fingerprint density at radius 1 is 1.38 bits per heavy atom. The van der Waals surface area contributed by atoms with Gasteiger partial charge in [-0.3, -0.25) is 14.9 Å². The standard InChI is InChI=1S/C13H19N3O4S/c1-20-8-7-14-5-6-15-13(17)10-3-4-12(21-2)11(9-10)16(18)19/h3-4,9,14H,5-8H2,1-2H3,(H,15,17). The van der Waals surface area contributed by atoms with Gasteiger partial charge in [-0.05, 0) is 18.4 Å². The third-order valence-corrected chi connectivity index (χ3v) is 3.49. The van der Waals surface area contributed by atoms with Gasteiger partial charge in [-0.1, -0.05) is 0 Å². The first-order chi connectivity index (χ1) is 10.1. The van der Waals surface area contributed by atoms with E-state index in [0.717, 1.165) is 0 Å². The average Bonchev–Trinajstić information content (AvgIpc) is 2.49. The fourth-order valence-corrected chi connectivity index (χ4v) is 2.19. The number of benzene rings is 1. The molecule has 0 radical (unpaired) electrons. The van der Waals surface area contributed by atoms with Gasteiger partial charge in [0.05, 0.1) is 16.4 Å². The molecule has 0 aliphatic heterocycles. The summed E-state index contributed by atoms with van der Waals surface area (Å²) in [7, 11) is 1.62. The fourth-order valence-electron chi connectivity index (χ4n) is 1.64. The van der Waals surface area contributed by atoms with Gasteiger partial charge in [-0.2, -0.15) is 0 Å². The third kappa shape index (κ3) is 5.70. The number of ether oxygens (including phenoxy) is 1. The lowest BCUT2D eigenvalue weighted by Gasteiger charge is -2.07. The molecule has 0 bridgehead atoms. The molecule has 0 aliphatic rings. The summed E-state index contributed by atoms with van der Waals surface area (Å²) in [4.78, 5) is 22.9. The number of methoxy groups -OCH3 is 1. The Hall–Kier alpha value is -1.64. The van der Waals surface area contributed by atoms with Crippen LogP contribution >= 0.6 is 11.8 Å². The molecule has 2 N–H and O–H groups in total. The van der Waals surface area contributed by atoms with E-state index in [2.05, 4.69) is 10.6 Å². The maximum Gasteiger partial charge on any atom is 0.283 e. The molecule has 7 nitrogen and oxygen atoms in total. The molecular weight excluding hydrogens is 294 g/mol. The van der Waals surface area contributed by atoms with E-state index in [1.165, 1.54) is 17.8 Å². The van der Waals surface area contributed by atoms with E-state index in [-0.39, 0.29) is 17.2 Å². The van der Waals surface area contributed by atoms with Crippen LogP contribution in [0.15, 0.2) is 23.1 Å². The molecule has 0 saturated carbocycles. The number of nitrogens with one attached hydrogen (secondary N) is 2. The van der Waals surface area contributed by atoms with Crippen LogP contribution in [0, 0.1) is 10.1 Å². The molecule has 0 aromatic heterocycles. The summed E-state index contributed by atoms with van der Waals surface area (Å²) in [6.45, 7) is 2.37. The first-order valence-corrected chi connectivity index (χ1v) is 7.63. The molecule has 0 fully saturated rings. The Balaban J connectivity index is 2.54. The van der Waals surface area contributed by atoms with Gasteiger partial charge in [0, 0.05) is 38.4 Å². The topological polar surface area (TPSA) is 93.5 Å². The van der Waals surface area contributed by atoms with Crippen LogP contribution in [-0.2, 0) is 4.74 Å². The lowest BCUT2D eigenvalue weighted by Crippen LogP contribution is -2.33. The van der Waals surface area contributed by atoms with E-state index in [1.807, 2.05) is 0 Å².